The molecule has 0 spiro atoms. The number of hydrogen-bond donors (Lipinski definition) is 0. The fraction of sp³-hybridized carbons (Fsp3) is 0.118. The number of aromatic nitrogens is 4. The number of rotatable bonds is 5. The fourth-order valence-corrected chi connectivity index (χ4v) is 4.34. The maximum Gasteiger partial charge on any atom is 0.273 e. The number of nitrogens with zero attached hydrogens (tertiary/aromatic N) is 5. The van der Waals surface area contributed by atoms with Gasteiger partial charge in [-0.05, 0) is 19.1 Å². The third-order valence-corrected chi connectivity index (χ3v) is 5.84. The molecule has 0 unspecified atom stereocenters. The summed E-state index contributed by atoms with van der Waals surface area (Å²) < 4.78 is 1.72. The van der Waals surface area contributed by atoms with Crippen molar-refractivity contribution in [3.8, 4) is 10.6 Å². The predicted octanol–water partition coefficient (Wildman–Crippen LogP) is 4.36. The van der Waals surface area contributed by atoms with Gasteiger partial charge in [-0.2, -0.15) is 9.61 Å². The molecule has 2 aromatic carbocycles. The Morgan fingerprint density at radius 1 is 1.15 bits per heavy atom. The van der Waals surface area contributed by atoms with Crippen molar-refractivity contribution < 1.29 is 4.92 Å². The Kier molecular flexibility index (Phi) is 4.39. The van der Waals surface area contributed by atoms with Gasteiger partial charge in [0.1, 0.15) is 5.01 Å². The monoisotopic (exact) mass is 383 g/mol. The van der Waals surface area contributed by atoms with Crippen molar-refractivity contribution in [2.24, 2.45) is 0 Å². The van der Waals surface area contributed by atoms with Crippen LogP contribution in [0, 0.1) is 17.0 Å². The highest BCUT2D eigenvalue weighted by Gasteiger charge is 2.19. The molecule has 0 saturated carbocycles. The molecule has 0 saturated heterocycles. The van der Waals surface area contributed by atoms with Crippen LogP contribution in [0.1, 0.15) is 11.4 Å². The van der Waals surface area contributed by atoms with E-state index >= 15 is 0 Å². The zero-order chi connectivity index (χ0) is 18.1. The smallest absolute Gasteiger partial charge is 0.258 e. The largest absolute Gasteiger partial charge is 0.273 e. The zero-order valence-electron chi connectivity index (χ0n) is 13.7. The van der Waals surface area contributed by atoms with E-state index in [2.05, 4.69) is 15.3 Å². The van der Waals surface area contributed by atoms with Crippen LogP contribution in [0.4, 0.5) is 5.69 Å². The molecule has 0 aliphatic heterocycles. The molecule has 2 heterocycles. The van der Waals surface area contributed by atoms with Crippen LogP contribution in [0.2, 0.25) is 0 Å². The topological polar surface area (TPSA) is 86.2 Å². The molecule has 9 heteroatoms. The molecule has 0 atom stereocenters. The third-order valence-electron chi connectivity index (χ3n) is 3.90. The van der Waals surface area contributed by atoms with E-state index in [4.69, 9.17) is 0 Å². The van der Waals surface area contributed by atoms with Crippen LogP contribution in [0.5, 0.6) is 0 Å². The van der Waals surface area contributed by atoms with Crippen LogP contribution in [0.15, 0.2) is 53.4 Å². The Labute approximate surface area is 156 Å². The lowest BCUT2D eigenvalue weighted by atomic mass is 10.1. The van der Waals surface area contributed by atoms with E-state index in [1.54, 1.807) is 29.3 Å². The van der Waals surface area contributed by atoms with Gasteiger partial charge in [0.25, 0.3) is 5.69 Å². The lowest BCUT2D eigenvalue weighted by Crippen LogP contribution is -1.96. The maximum atomic E-state index is 11.2. The van der Waals surface area contributed by atoms with E-state index in [0.717, 1.165) is 16.3 Å². The first kappa shape index (κ1) is 16.7. The Morgan fingerprint density at radius 3 is 2.73 bits per heavy atom. The van der Waals surface area contributed by atoms with E-state index in [9.17, 15) is 10.1 Å². The lowest BCUT2D eigenvalue weighted by Gasteiger charge is -2.02. The summed E-state index contributed by atoms with van der Waals surface area (Å²) in [4.78, 5) is 12.6. The Bertz CT molecular complexity index is 1090. The molecule has 0 aliphatic carbocycles. The zero-order valence-corrected chi connectivity index (χ0v) is 15.3. The number of benzene rings is 2. The first-order valence-corrected chi connectivity index (χ1v) is 9.57. The molecule has 0 aliphatic rings. The third kappa shape index (κ3) is 3.06. The van der Waals surface area contributed by atoms with Gasteiger partial charge in [0.05, 0.1) is 10.7 Å². The van der Waals surface area contributed by atoms with Gasteiger partial charge >= 0.3 is 0 Å². The van der Waals surface area contributed by atoms with E-state index in [1.165, 1.54) is 17.4 Å². The SMILES string of the molecule is Cc1c(-c2nn3c(CSc4ccccc4)nnc3s2)cccc1[N+](=O)[O-]. The standard InChI is InChI=1S/C17H13N5O2S2/c1-11-13(8-5-9-14(11)22(23)24)16-20-21-15(18-19-17(21)26-16)10-25-12-6-3-2-4-7-12/h2-9H,10H2,1H3. The van der Waals surface area contributed by atoms with Crippen LogP contribution in [-0.2, 0) is 5.75 Å². The van der Waals surface area contributed by atoms with Gasteiger partial charge in [-0.15, -0.1) is 22.0 Å². The quantitative estimate of drug-likeness (QED) is 0.289. The van der Waals surface area contributed by atoms with Crippen molar-refractivity contribution in [1.29, 1.82) is 0 Å². The summed E-state index contributed by atoms with van der Waals surface area (Å²) in [5.74, 6) is 1.39. The lowest BCUT2D eigenvalue weighted by molar-refractivity contribution is -0.385. The summed E-state index contributed by atoms with van der Waals surface area (Å²) >= 11 is 3.03. The minimum Gasteiger partial charge on any atom is -0.258 e. The molecule has 2 aromatic heterocycles. The first-order chi connectivity index (χ1) is 12.6. The molecule has 0 amide bonds. The average Bonchev–Trinajstić information content (AvgIpc) is 3.22. The fourth-order valence-electron chi connectivity index (χ4n) is 2.57. The molecule has 130 valence electrons. The average molecular weight is 383 g/mol. The van der Waals surface area contributed by atoms with Crippen molar-refractivity contribution in [2.75, 3.05) is 0 Å². The van der Waals surface area contributed by atoms with Gasteiger partial charge in [0.15, 0.2) is 5.82 Å². The molecular weight excluding hydrogens is 370 g/mol. The summed E-state index contributed by atoms with van der Waals surface area (Å²) in [6.45, 7) is 1.74. The van der Waals surface area contributed by atoms with Crippen molar-refractivity contribution in [3.63, 3.8) is 0 Å². The highest BCUT2D eigenvalue weighted by atomic mass is 32.2. The molecule has 0 bridgehead atoms. The van der Waals surface area contributed by atoms with Gasteiger partial charge < -0.3 is 0 Å². The Balaban J connectivity index is 1.66. The molecule has 4 aromatic rings. The first-order valence-electron chi connectivity index (χ1n) is 7.77. The molecular formula is C17H13N5O2S2. The van der Waals surface area contributed by atoms with Crippen molar-refractivity contribution in [3.05, 3.63) is 70.0 Å². The van der Waals surface area contributed by atoms with Crippen LogP contribution in [0.3, 0.4) is 0 Å². The van der Waals surface area contributed by atoms with Gasteiger partial charge in [0, 0.05) is 22.1 Å². The Morgan fingerprint density at radius 2 is 1.96 bits per heavy atom. The predicted molar refractivity (Wildman–Crippen MR) is 101 cm³/mol. The summed E-state index contributed by atoms with van der Waals surface area (Å²) in [7, 11) is 0. The highest BCUT2D eigenvalue weighted by molar-refractivity contribution is 7.98. The summed E-state index contributed by atoms with van der Waals surface area (Å²) in [5, 5.41) is 24.8. The van der Waals surface area contributed by atoms with E-state index in [-0.39, 0.29) is 10.6 Å². The number of nitro groups is 1. The summed E-state index contributed by atoms with van der Waals surface area (Å²) in [6, 6.07) is 15.1. The number of hydrogen-bond acceptors (Lipinski definition) is 7. The summed E-state index contributed by atoms with van der Waals surface area (Å²) in [6.07, 6.45) is 0. The van der Waals surface area contributed by atoms with Gasteiger partial charge in [0.2, 0.25) is 4.96 Å². The van der Waals surface area contributed by atoms with E-state index in [1.807, 2.05) is 36.4 Å². The van der Waals surface area contributed by atoms with E-state index in [0.29, 0.717) is 21.3 Å². The number of nitro benzene ring substituents is 1. The molecule has 0 N–H and O–H groups in total. The normalized spacial score (nSPS) is 11.1. The van der Waals surface area contributed by atoms with Crippen LogP contribution in [0.25, 0.3) is 15.5 Å². The minimum absolute atomic E-state index is 0.0910. The van der Waals surface area contributed by atoms with Crippen LogP contribution < -0.4 is 0 Å². The molecule has 7 nitrogen and oxygen atoms in total. The second kappa shape index (κ2) is 6.85. The van der Waals surface area contributed by atoms with Gasteiger partial charge in [-0.25, -0.2) is 0 Å². The second-order valence-corrected chi connectivity index (χ2v) is 7.53. The van der Waals surface area contributed by atoms with Gasteiger partial charge in [-0.1, -0.05) is 41.7 Å². The molecule has 26 heavy (non-hydrogen) atoms. The van der Waals surface area contributed by atoms with Gasteiger partial charge in [-0.3, -0.25) is 10.1 Å². The molecule has 4 rings (SSSR count). The van der Waals surface area contributed by atoms with Crippen molar-refractivity contribution in [2.45, 2.75) is 17.6 Å². The maximum absolute atomic E-state index is 11.2. The number of thioether (sulfide) groups is 1. The summed E-state index contributed by atoms with van der Waals surface area (Å²) in [5.41, 5.74) is 1.44. The molecule has 0 radical (unpaired) electrons. The van der Waals surface area contributed by atoms with Crippen molar-refractivity contribution in [1.82, 2.24) is 19.8 Å². The molecule has 0 fully saturated rings. The van der Waals surface area contributed by atoms with Crippen LogP contribution >= 0.6 is 23.1 Å². The highest BCUT2D eigenvalue weighted by Crippen LogP contribution is 2.33. The second-order valence-electron chi connectivity index (χ2n) is 5.53. The van der Waals surface area contributed by atoms with E-state index < -0.39 is 0 Å². The minimum atomic E-state index is -0.374. The Hall–Kier alpha value is -2.78. The van der Waals surface area contributed by atoms with Crippen molar-refractivity contribution >= 4 is 33.7 Å². The number of fused-ring (bicyclic) bond motifs is 1. The van der Waals surface area contributed by atoms with Crippen LogP contribution in [-0.4, -0.2) is 24.7 Å².